The fourth-order valence-corrected chi connectivity index (χ4v) is 3.34. The zero-order valence-electron chi connectivity index (χ0n) is 9.97. The van der Waals surface area contributed by atoms with E-state index in [4.69, 9.17) is 4.74 Å². The van der Waals surface area contributed by atoms with Crippen molar-refractivity contribution < 1.29 is 4.74 Å². The number of rotatable bonds is 2. The van der Waals surface area contributed by atoms with Crippen LogP contribution < -0.4 is 4.74 Å². The van der Waals surface area contributed by atoms with Gasteiger partial charge in [0.05, 0.1) is 0 Å². The number of hydrogen-bond donors (Lipinski definition) is 0. The maximum absolute atomic E-state index is 6.10. The third kappa shape index (κ3) is 2.29. The van der Waals surface area contributed by atoms with Crippen molar-refractivity contribution in [1.82, 2.24) is 9.88 Å². The van der Waals surface area contributed by atoms with E-state index in [1.807, 2.05) is 12.3 Å². The second-order valence-electron chi connectivity index (χ2n) is 5.01. The van der Waals surface area contributed by atoms with Crippen LogP contribution in [0.15, 0.2) is 18.3 Å². The van der Waals surface area contributed by atoms with Crippen LogP contribution in [0.3, 0.4) is 0 Å². The maximum atomic E-state index is 6.10. The molecule has 0 radical (unpaired) electrons. The van der Waals surface area contributed by atoms with Crippen LogP contribution in [-0.4, -0.2) is 35.1 Å². The summed E-state index contributed by atoms with van der Waals surface area (Å²) in [4.78, 5) is 6.88. The number of aromatic nitrogens is 1. The summed E-state index contributed by atoms with van der Waals surface area (Å²) in [5.74, 6) is 1.49. The van der Waals surface area contributed by atoms with Crippen LogP contribution in [0.2, 0.25) is 0 Å². The van der Waals surface area contributed by atoms with Crippen LogP contribution in [0.25, 0.3) is 0 Å². The fourth-order valence-electron chi connectivity index (χ4n) is 3.02. The normalized spacial score (nSPS) is 35.9. The summed E-state index contributed by atoms with van der Waals surface area (Å²) in [6.45, 7) is 4.76. The number of nitrogens with zero attached hydrogens (tertiary/aromatic N) is 2. The smallest absolute Gasteiger partial charge is 0.213 e. The van der Waals surface area contributed by atoms with Crippen LogP contribution in [0, 0.1) is 9.49 Å². The van der Waals surface area contributed by atoms with E-state index in [1.165, 1.54) is 25.9 Å². The number of fused-ring (bicyclic) bond motifs is 3. The van der Waals surface area contributed by atoms with E-state index >= 15 is 0 Å². The Balaban J connectivity index is 1.74. The predicted octanol–water partition coefficient (Wildman–Crippen LogP) is 2.55. The first-order valence-electron chi connectivity index (χ1n) is 6.26. The van der Waals surface area contributed by atoms with Gasteiger partial charge in [-0.15, -0.1) is 0 Å². The second-order valence-corrected chi connectivity index (χ2v) is 6.26. The molecule has 0 aromatic carbocycles. The highest BCUT2D eigenvalue weighted by atomic mass is 127. The Morgan fingerprint density at radius 3 is 2.71 bits per heavy atom. The minimum Gasteiger partial charge on any atom is -0.472 e. The molecule has 4 heterocycles. The van der Waals surface area contributed by atoms with Crippen LogP contribution in [0.5, 0.6) is 5.88 Å². The predicted molar refractivity (Wildman–Crippen MR) is 75.1 cm³/mol. The molecular weight excluding hydrogens is 327 g/mol. The summed E-state index contributed by atoms with van der Waals surface area (Å²) in [5.41, 5.74) is 0. The van der Waals surface area contributed by atoms with Crippen LogP contribution in [-0.2, 0) is 0 Å². The molecule has 0 spiro atoms. The third-order valence-corrected chi connectivity index (χ3v) is 4.69. The van der Waals surface area contributed by atoms with E-state index < -0.39 is 0 Å². The highest BCUT2D eigenvalue weighted by Gasteiger charge is 2.41. The SMILES string of the molecule is C[C@H]1[C@H](Oc2ccc(I)cn2)C2CCN1CC2. The molecule has 4 heteroatoms. The fraction of sp³-hybridized carbons (Fsp3) is 0.615. The van der Waals surface area contributed by atoms with Crippen molar-refractivity contribution in [3.8, 4) is 5.88 Å². The lowest BCUT2D eigenvalue weighted by atomic mass is 9.81. The topological polar surface area (TPSA) is 25.4 Å². The summed E-state index contributed by atoms with van der Waals surface area (Å²) in [6.07, 6.45) is 4.74. The summed E-state index contributed by atoms with van der Waals surface area (Å²) in [7, 11) is 0. The molecule has 1 aromatic rings. The van der Waals surface area contributed by atoms with Crippen molar-refractivity contribution in [2.75, 3.05) is 13.1 Å². The van der Waals surface area contributed by atoms with Gasteiger partial charge in [0, 0.05) is 21.9 Å². The van der Waals surface area contributed by atoms with Crippen molar-refractivity contribution in [3.63, 3.8) is 0 Å². The Morgan fingerprint density at radius 1 is 1.35 bits per heavy atom. The number of pyridine rings is 1. The van der Waals surface area contributed by atoms with Crippen molar-refractivity contribution in [2.45, 2.75) is 31.9 Å². The highest BCUT2D eigenvalue weighted by molar-refractivity contribution is 14.1. The Hall–Kier alpha value is -0.360. The van der Waals surface area contributed by atoms with E-state index in [0.717, 1.165) is 15.4 Å². The van der Waals surface area contributed by atoms with Crippen molar-refractivity contribution >= 4 is 22.6 Å². The molecule has 3 aliphatic rings. The monoisotopic (exact) mass is 344 g/mol. The van der Waals surface area contributed by atoms with Gasteiger partial charge in [0.15, 0.2) is 0 Å². The van der Waals surface area contributed by atoms with E-state index in [9.17, 15) is 0 Å². The molecule has 0 saturated carbocycles. The van der Waals surface area contributed by atoms with Gasteiger partial charge < -0.3 is 4.74 Å². The van der Waals surface area contributed by atoms with Gasteiger partial charge in [0.25, 0.3) is 0 Å². The molecule has 2 bridgehead atoms. The van der Waals surface area contributed by atoms with Crippen LogP contribution >= 0.6 is 22.6 Å². The molecule has 2 atom stereocenters. The summed E-state index contributed by atoms with van der Waals surface area (Å²) in [5, 5.41) is 0. The minimum absolute atomic E-state index is 0.324. The molecule has 3 fully saturated rings. The van der Waals surface area contributed by atoms with Gasteiger partial charge in [-0.2, -0.15) is 0 Å². The van der Waals surface area contributed by atoms with Gasteiger partial charge in [0.2, 0.25) is 5.88 Å². The molecule has 0 unspecified atom stereocenters. The molecule has 0 amide bonds. The molecule has 92 valence electrons. The molecular formula is C13H17IN2O. The Bertz CT molecular complexity index is 385. The molecule has 3 aliphatic heterocycles. The molecule has 1 aromatic heterocycles. The Labute approximate surface area is 116 Å². The number of piperidine rings is 3. The van der Waals surface area contributed by atoms with Gasteiger partial charge in [0.1, 0.15) is 6.10 Å². The molecule has 0 aliphatic carbocycles. The van der Waals surface area contributed by atoms with Gasteiger partial charge in [-0.3, -0.25) is 4.90 Å². The van der Waals surface area contributed by atoms with E-state index in [1.54, 1.807) is 0 Å². The Morgan fingerprint density at radius 2 is 2.12 bits per heavy atom. The number of halogens is 1. The lowest BCUT2D eigenvalue weighted by Gasteiger charge is -2.49. The zero-order valence-corrected chi connectivity index (χ0v) is 12.1. The van der Waals surface area contributed by atoms with Crippen molar-refractivity contribution in [3.05, 3.63) is 21.9 Å². The van der Waals surface area contributed by atoms with Crippen LogP contribution in [0.1, 0.15) is 19.8 Å². The first kappa shape index (κ1) is 11.7. The minimum atomic E-state index is 0.324. The summed E-state index contributed by atoms with van der Waals surface area (Å²) < 4.78 is 7.25. The zero-order chi connectivity index (χ0) is 11.8. The third-order valence-electron chi connectivity index (χ3n) is 4.05. The first-order valence-corrected chi connectivity index (χ1v) is 7.34. The van der Waals surface area contributed by atoms with Gasteiger partial charge in [-0.25, -0.2) is 4.98 Å². The molecule has 3 saturated heterocycles. The van der Waals surface area contributed by atoms with Gasteiger partial charge in [-0.1, -0.05) is 0 Å². The average Bonchev–Trinajstić information content (AvgIpc) is 2.37. The van der Waals surface area contributed by atoms with Gasteiger partial charge >= 0.3 is 0 Å². The largest absolute Gasteiger partial charge is 0.472 e. The molecule has 3 nitrogen and oxygen atoms in total. The van der Waals surface area contributed by atoms with Gasteiger partial charge in [-0.05, 0) is 67.4 Å². The molecule has 0 N–H and O–H groups in total. The highest BCUT2D eigenvalue weighted by Crippen LogP contribution is 2.34. The van der Waals surface area contributed by atoms with Crippen molar-refractivity contribution in [1.29, 1.82) is 0 Å². The molecule has 4 rings (SSSR count). The van der Waals surface area contributed by atoms with Crippen LogP contribution in [0.4, 0.5) is 0 Å². The lowest BCUT2D eigenvalue weighted by molar-refractivity contribution is -0.0525. The second kappa shape index (κ2) is 4.72. The van der Waals surface area contributed by atoms with Crippen molar-refractivity contribution in [2.24, 2.45) is 5.92 Å². The Kier molecular flexibility index (Phi) is 3.25. The van der Waals surface area contributed by atoms with E-state index in [2.05, 4.69) is 45.5 Å². The molecule has 17 heavy (non-hydrogen) atoms. The average molecular weight is 344 g/mol. The quantitative estimate of drug-likeness (QED) is 0.771. The number of ether oxygens (including phenoxy) is 1. The standard InChI is InChI=1S/C13H17IN2O/c1-9-13(10-4-6-16(9)7-5-10)17-12-3-2-11(14)8-15-12/h2-3,8-10,13H,4-7H2,1H3/t9-,13-/m0/s1. The summed E-state index contributed by atoms with van der Waals surface area (Å²) in [6, 6.07) is 4.56. The maximum Gasteiger partial charge on any atom is 0.213 e. The van der Waals surface area contributed by atoms with E-state index in [0.29, 0.717) is 12.1 Å². The lowest BCUT2D eigenvalue weighted by Crippen LogP contribution is -2.58. The first-order chi connectivity index (χ1) is 8.24. The van der Waals surface area contributed by atoms with E-state index in [-0.39, 0.29) is 0 Å². The number of hydrogen-bond acceptors (Lipinski definition) is 3. The summed E-state index contributed by atoms with van der Waals surface area (Å²) >= 11 is 2.26.